The minimum atomic E-state index is 0.0964. The van der Waals surface area contributed by atoms with Crippen molar-refractivity contribution in [2.24, 2.45) is 0 Å². The van der Waals surface area contributed by atoms with Crippen LogP contribution >= 0.6 is 23.1 Å². The standard InChI is InChI=1S/C27H41N5S2/c1-21(2)9-6-10-22(3)11-7-12-23(4)13-8-14-24(5)15-17-33-20-26(25-19-29-32-31-25)30-27-28-16-18-34-27/h9,11,13,15-16,18-19,26H,6-8,10,12,14,17,20H2,1-5H3,(H,28,30)(H,29,31,32)/b22-11+,23-13+,24-15+. The van der Waals surface area contributed by atoms with Crippen molar-refractivity contribution in [1.29, 1.82) is 0 Å². The van der Waals surface area contributed by atoms with Crippen molar-refractivity contribution >= 4 is 28.2 Å². The molecule has 0 radical (unpaired) electrons. The first kappa shape index (κ1) is 28.1. The van der Waals surface area contributed by atoms with Crippen molar-refractivity contribution < 1.29 is 0 Å². The number of nitrogens with zero attached hydrogens (tertiary/aromatic N) is 3. The van der Waals surface area contributed by atoms with Crippen LogP contribution in [0.25, 0.3) is 0 Å². The maximum Gasteiger partial charge on any atom is 0.183 e. The minimum Gasteiger partial charge on any atom is -0.352 e. The van der Waals surface area contributed by atoms with Crippen LogP contribution in [0.15, 0.2) is 64.4 Å². The molecule has 2 rings (SSSR count). The van der Waals surface area contributed by atoms with E-state index in [1.165, 1.54) is 28.7 Å². The summed E-state index contributed by atoms with van der Waals surface area (Å²) >= 11 is 3.50. The van der Waals surface area contributed by atoms with Gasteiger partial charge in [0.15, 0.2) is 5.13 Å². The monoisotopic (exact) mass is 499 g/mol. The lowest BCUT2D eigenvalue weighted by atomic mass is 10.0. The maximum atomic E-state index is 4.33. The lowest BCUT2D eigenvalue weighted by molar-refractivity contribution is 0.825. The number of thioether (sulfide) groups is 1. The fraction of sp³-hybridized carbons (Fsp3) is 0.519. The van der Waals surface area contributed by atoms with Gasteiger partial charge < -0.3 is 5.32 Å². The third kappa shape index (κ3) is 12.4. The molecule has 0 bridgehead atoms. The van der Waals surface area contributed by atoms with Gasteiger partial charge in [-0.05, 0) is 73.1 Å². The van der Waals surface area contributed by atoms with Crippen LogP contribution in [0.3, 0.4) is 0 Å². The van der Waals surface area contributed by atoms with E-state index in [1.54, 1.807) is 17.5 Å². The predicted molar refractivity (Wildman–Crippen MR) is 151 cm³/mol. The number of hydrogen-bond donors (Lipinski definition) is 2. The third-order valence-corrected chi connectivity index (χ3v) is 7.18. The van der Waals surface area contributed by atoms with Crippen LogP contribution in [0.2, 0.25) is 0 Å². The molecule has 0 amide bonds. The highest BCUT2D eigenvalue weighted by Crippen LogP contribution is 2.23. The molecule has 0 aliphatic carbocycles. The molecule has 0 saturated heterocycles. The van der Waals surface area contributed by atoms with Crippen molar-refractivity contribution in [3.63, 3.8) is 0 Å². The molecular weight excluding hydrogens is 458 g/mol. The normalized spacial score (nSPS) is 13.7. The Kier molecular flexibility index (Phi) is 13.6. The summed E-state index contributed by atoms with van der Waals surface area (Å²) in [5, 5.41) is 17.3. The molecule has 1 atom stereocenters. The van der Waals surface area contributed by atoms with Gasteiger partial charge in [0.1, 0.15) is 5.69 Å². The number of allylic oxidation sites excluding steroid dienone is 7. The Morgan fingerprint density at radius 2 is 1.62 bits per heavy atom. The van der Waals surface area contributed by atoms with Crippen molar-refractivity contribution in [3.8, 4) is 0 Å². The predicted octanol–water partition coefficient (Wildman–Crippen LogP) is 8.29. The summed E-state index contributed by atoms with van der Waals surface area (Å²) in [7, 11) is 0. The van der Waals surface area contributed by atoms with Gasteiger partial charge in [-0.25, -0.2) is 4.98 Å². The number of rotatable bonds is 16. The van der Waals surface area contributed by atoms with E-state index in [2.05, 4.69) is 84.6 Å². The molecule has 34 heavy (non-hydrogen) atoms. The van der Waals surface area contributed by atoms with Crippen LogP contribution in [-0.2, 0) is 0 Å². The highest BCUT2D eigenvalue weighted by atomic mass is 32.2. The molecule has 2 aromatic rings. The van der Waals surface area contributed by atoms with Gasteiger partial charge in [-0.1, -0.05) is 46.6 Å². The Morgan fingerprint density at radius 3 is 2.18 bits per heavy atom. The lowest BCUT2D eigenvalue weighted by Crippen LogP contribution is -2.14. The highest BCUT2D eigenvalue weighted by molar-refractivity contribution is 7.99. The number of H-pyrrole nitrogens is 1. The van der Waals surface area contributed by atoms with E-state index in [9.17, 15) is 0 Å². The van der Waals surface area contributed by atoms with Gasteiger partial charge >= 0.3 is 0 Å². The largest absolute Gasteiger partial charge is 0.352 e. The second-order valence-electron chi connectivity index (χ2n) is 9.02. The quantitative estimate of drug-likeness (QED) is 0.180. The molecule has 2 aromatic heterocycles. The molecule has 0 saturated carbocycles. The maximum absolute atomic E-state index is 4.33. The Labute approximate surface area is 214 Å². The minimum absolute atomic E-state index is 0.0964. The third-order valence-electron chi connectivity index (χ3n) is 5.51. The summed E-state index contributed by atoms with van der Waals surface area (Å²) in [5.74, 6) is 1.91. The van der Waals surface area contributed by atoms with Gasteiger partial charge in [0.25, 0.3) is 0 Å². The molecule has 7 heteroatoms. The average molecular weight is 500 g/mol. The van der Waals surface area contributed by atoms with Crippen molar-refractivity contribution in [2.75, 3.05) is 16.8 Å². The second-order valence-corrected chi connectivity index (χ2v) is 11.0. The van der Waals surface area contributed by atoms with Gasteiger partial charge in [-0.15, -0.1) is 11.3 Å². The lowest BCUT2D eigenvalue weighted by Gasteiger charge is -2.14. The van der Waals surface area contributed by atoms with E-state index in [0.29, 0.717) is 0 Å². The van der Waals surface area contributed by atoms with Gasteiger partial charge in [-0.3, -0.25) is 0 Å². The summed E-state index contributed by atoms with van der Waals surface area (Å²) < 4.78 is 0. The van der Waals surface area contributed by atoms with Crippen molar-refractivity contribution in [1.82, 2.24) is 20.4 Å². The summed E-state index contributed by atoms with van der Waals surface area (Å²) in [6.45, 7) is 11.1. The van der Waals surface area contributed by atoms with E-state index >= 15 is 0 Å². The van der Waals surface area contributed by atoms with Gasteiger partial charge in [-0.2, -0.15) is 27.2 Å². The number of thiazole rings is 1. The first-order valence-electron chi connectivity index (χ1n) is 12.1. The molecule has 0 aliphatic heterocycles. The molecular formula is C27H41N5S2. The molecule has 0 aliphatic rings. The summed E-state index contributed by atoms with van der Waals surface area (Å²) in [4.78, 5) is 4.33. The fourth-order valence-electron chi connectivity index (χ4n) is 3.40. The smallest absolute Gasteiger partial charge is 0.183 e. The van der Waals surface area contributed by atoms with Crippen molar-refractivity contribution in [2.45, 2.75) is 79.2 Å². The van der Waals surface area contributed by atoms with Crippen LogP contribution in [-0.4, -0.2) is 31.9 Å². The zero-order chi connectivity index (χ0) is 24.6. The molecule has 0 fully saturated rings. The summed E-state index contributed by atoms with van der Waals surface area (Å²) in [6.07, 6.45) is 20.0. The van der Waals surface area contributed by atoms with E-state index in [4.69, 9.17) is 0 Å². The zero-order valence-corrected chi connectivity index (χ0v) is 23.1. The second kappa shape index (κ2) is 16.5. The first-order valence-corrected chi connectivity index (χ1v) is 14.2. The van der Waals surface area contributed by atoms with E-state index in [-0.39, 0.29) is 6.04 Å². The first-order chi connectivity index (χ1) is 16.4. The van der Waals surface area contributed by atoms with Gasteiger partial charge in [0.2, 0.25) is 0 Å². The number of aromatic nitrogens is 4. The number of anilines is 1. The van der Waals surface area contributed by atoms with Crippen LogP contribution in [0, 0.1) is 0 Å². The Hall–Kier alpha value is -2.12. The van der Waals surface area contributed by atoms with Crippen LogP contribution in [0.4, 0.5) is 5.13 Å². The Bertz CT molecular complexity index is 920. The molecule has 2 heterocycles. The summed E-state index contributed by atoms with van der Waals surface area (Å²) in [5.41, 5.74) is 6.79. The van der Waals surface area contributed by atoms with Crippen molar-refractivity contribution in [3.05, 3.63) is 70.1 Å². The van der Waals surface area contributed by atoms with Crippen LogP contribution in [0.5, 0.6) is 0 Å². The van der Waals surface area contributed by atoms with E-state index < -0.39 is 0 Å². The van der Waals surface area contributed by atoms with Gasteiger partial charge in [0, 0.05) is 23.1 Å². The molecule has 5 nitrogen and oxygen atoms in total. The number of hydrogen-bond acceptors (Lipinski definition) is 6. The Morgan fingerprint density at radius 1 is 0.971 bits per heavy atom. The van der Waals surface area contributed by atoms with Crippen LogP contribution < -0.4 is 5.32 Å². The topological polar surface area (TPSA) is 66.5 Å². The molecule has 0 spiro atoms. The van der Waals surface area contributed by atoms with E-state index in [1.807, 2.05) is 23.3 Å². The molecule has 186 valence electrons. The molecule has 2 N–H and O–H groups in total. The number of nitrogens with one attached hydrogen (secondary N) is 2. The average Bonchev–Trinajstić information content (AvgIpc) is 3.50. The Balaban J connectivity index is 1.65. The highest BCUT2D eigenvalue weighted by Gasteiger charge is 2.15. The molecule has 1 unspecified atom stereocenters. The fourth-order valence-corrected chi connectivity index (χ4v) is 5.01. The zero-order valence-electron chi connectivity index (χ0n) is 21.4. The SMILES string of the molecule is CC(C)=CCC/C(C)=C/CC/C(C)=C/CC/C(C)=C/CSCC(Nc1nccs1)c1cn[nH]n1. The number of aromatic amines is 1. The van der Waals surface area contributed by atoms with Gasteiger partial charge in [0.05, 0.1) is 12.2 Å². The summed E-state index contributed by atoms with van der Waals surface area (Å²) in [6, 6.07) is 0.0964. The van der Waals surface area contributed by atoms with E-state index in [0.717, 1.165) is 54.4 Å². The van der Waals surface area contributed by atoms with Crippen LogP contribution in [0.1, 0.15) is 84.9 Å². The molecule has 0 aromatic carbocycles.